The molecule has 0 bridgehead atoms. The van der Waals surface area contributed by atoms with E-state index >= 15 is 0 Å². The second-order valence-corrected chi connectivity index (χ2v) is 4.25. The molecule has 19 heavy (non-hydrogen) atoms. The maximum atomic E-state index is 12.7. The number of benzene rings is 1. The number of carbonyl (C=O) groups is 2. The van der Waals surface area contributed by atoms with E-state index in [4.69, 9.17) is 0 Å². The van der Waals surface area contributed by atoms with E-state index < -0.39 is 11.8 Å². The molecule has 100 valence electrons. The summed E-state index contributed by atoms with van der Waals surface area (Å²) in [6.45, 7) is 1.24. The fraction of sp³-hybridized carbons (Fsp3) is 0.308. The van der Waals surface area contributed by atoms with E-state index in [9.17, 15) is 14.0 Å². The first kappa shape index (κ1) is 13.2. The first-order valence-corrected chi connectivity index (χ1v) is 6.05. The maximum absolute atomic E-state index is 12.7. The largest absolute Gasteiger partial charge is 0.334 e. The number of hydrogen-bond donors (Lipinski definition) is 1. The molecule has 1 N–H and O–H groups in total. The second-order valence-electron chi connectivity index (χ2n) is 4.25. The number of rotatable bonds is 2. The highest BCUT2D eigenvalue weighted by Crippen LogP contribution is 2.07. The number of halogens is 1. The van der Waals surface area contributed by atoms with Crippen molar-refractivity contribution in [2.45, 2.75) is 12.8 Å². The average molecular weight is 263 g/mol. The first-order chi connectivity index (χ1) is 9.16. The minimum absolute atomic E-state index is 0.342. The van der Waals surface area contributed by atoms with Crippen LogP contribution in [0.3, 0.4) is 0 Å². The molecule has 2 rings (SSSR count). The molecule has 5 nitrogen and oxygen atoms in total. The Bertz CT molecular complexity index is 493. The van der Waals surface area contributed by atoms with Gasteiger partial charge in [-0.1, -0.05) is 12.1 Å². The van der Waals surface area contributed by atoms with Crippen molar-refractivity contribution in [3.63, 3.8) is 0 Å². The zero-order chi connectivity index (χ0) is 13.7. The Morgan fingerprint density at radius 3 is 2.47 bits per heavy atom. The predicted octanol–water partition coefficient (Wildman–Crippen LogP) is 0.898. The Labute approximate surface area is 110 Å². The van der Waals surface area contributed by atoms with Gasteiger partial charge in [-0.15, -0.1) is 0 Å². The Balaban J connectivity index is 1.85. The fourth-order valence-electron chi connectivity index (χ4n) is 1.83. The third-order valence-corrected chi connectivity index (χ3v) is 2.84. The molecule has 1 heterocycles. The molecule has 1 aromatic carbocycles. The quantitative estimate of drug-likeness (QED) is 0.489. The maximum Gasteiger partial charge on any atom is 0.329 e. The van der Waals surface area contributed by atoms with Crippen molar-refractivity contribution in [3.8, 4) is 0 Å². The van der Waals surface area contributed by atoms with Gasteiger partial charge in [0.1, 0.15) is 5.82 Å². The van der Waals surface area contributed by atoms with Crippen molar-refractivity contribution < 1.29 is 14.0 Å². The molecule has 2 amide bonds. The van der Waals surface area contributed by atoms with Crippen molar-refractivity contribution in [1.82, 2.24) is 10.3 Å². The van der Waals surface area contributed by atoms with Crippen LogP contribution in [-0.4, -0.2) is 36.0 Å². The smallest absolute Gasteiger partial charge is 0.329 e. The fourth-order valence-corrected chi connectivity index (χ4v) is 1.83. The van der Waals surface area contributed by atoms with E-state index in [2.05, 4.69) is 10.5 Å². The highest BCUT2D eigenvalue weighted by Gasteiger charge is 2.23. The molecule has 0 radical (unpaired) electrons. The van der Waals surface area contributed by atoms with E-state index in [1.807, 2.05) is 0 Å². The molecule has 1 fully saturated rings. The summed E-state index contributed by atoms with van der Waals surface area (Å²) in [6, 6.07) is 5.62. The lowest BCUT2D eigenvalue weighted by Gasteiger charge is -2.12. The zero-order valence-electron chi connectivity index (χ0n) is 10.3. The minimum Gasteiger partial charge on any atom is -0.334 e. The third-order valence-electron chi connectivity index (χ3n) is 2.84. The second kappa shape index (κ2) is 6.08. The predicted molar refractivity (Wildman–Crippen MR) is 68.0 cm³/mol. The van der Waals surface area contributed by atoms with Crippen LogP contribution >= 0.6 is 0 Å². The lowest BCUT2D eigenvalue weighted by molar-refractivity contribution is -0.145. The standard InChI is InChI=1S/C13H14FN3O2/c14-11-5-3-10(4-6-11)9-15-16-12(18)13(19)17-7-1-2-8-17/h3-6,9H,1-2,7-8H2,(H,16,18)/b15-9-. The molecule has 0 unspecified atom stereocenters. The van der Waals surface area contributed by atoms with Gasteiger partial charge >= 0.3 is 11.8 Å². The van der Waals surface area contributed by atoms with Crippen LogP contribution in [0.1, 0.15) is 18.4 Å². The number of amides is 2. The number of hydrazone groups is 1. The van der Waals surface area contributed by atoms with Gasteiger partial charge in [-0.05, 0) is 30.5 Å². The summed E-state index contributed by atoms with van der Waals surface area (Å²) < 4.78 is 12.7. The third kappa shape index (κ3) is 3.61. The lowest BCUT2D eigenvalue weighted by atomic mass is 10.2. The normalized spacial score (nSPS) is 14.9. The molecule has 0 aromatic heterocycles. The van der Waals surface area contributed by atoms with Crippen LogP contribution in [0, 0.1) is 5.82 Å². The van der Waals surface area contributed by atoms with Crippen molar-refractivity contribution in [2.24, 2.45) is 5.10 Å². The zero-order valence-corrected chi connectivity index (χ0v) is 10.3. The molecule has 0 spiro atoms. The van der Waals surface area contributed by atoms with Crippen LogP contribution in [0.2, 0.25) is 0 Å². The van der Waals surface area contributed by atoms with Gasteiger partial charge in [0.25, 0.3) is 0 Å². The highest BCUT2D eigenvalue weighted by atomic mass is 19.1. The van der Waals surface area contributed by atoms with E-state index in [0.717, 1.165) is 12.8 Å². The van der Waals surface area contributed by atoms with Gasteiger partial charge in [0.15, 0.2) is 0 Å². The van der Waals surface area contributed by atoms with Crippen LogP contribution in [0.4, 0.5) is 4.39 Å². The van der Waals surface area contributed by atoms with Crippen LogP contribution in [0.5, 0.6) is 0 Å². The summed E-state index contributed by atoms with van der Waals surface area (Å²) in [5, 5.41) is 3.67. The first-order valence-electron chi connectivity index (χ1n) is 6.05. The van der Waals surface area contributed by atoms with Gasteiger partial charge in [-0.3, -0.25) is 9.59 Å². The molecule has 1 aromatic rings. The van der Waals surface area contributed by atoms with E-state index in [1.165, 1.54) is 35.4 Å². The molecule has 1 saturated heterocycles. The number of likely N-dealkylation sites (tertiary alicyclic amines) is 1. The number of nitrogens with one attached hydrogen (secondary N) is 1. The molecule has 6 heteroatoms. The summed E-state index contributed by atoms with van der Waals surface area (Å²) >= 11 is 0. The van der Waals surface area contributed by atoms with Gasteiger partial charge in [-0.2, -0.15) is 5.10 Å². The molecule has 0 atom stereocenters. The van der Waals surface area contributed by atoms with Crippen molar-refractivity contribution in [1.29, 1.82) is 0 Å². The van der Waals surface area contributed by atoms with Crippen molar-refractivity contribution in [2.75, 3.05) is 13.1 Å². The summed E-state index contributed by atoms with van der Waals surface area (Å²) in [7, 11) is 0. The molecule has 1 aliphatic rings. The lowest BCUT2D eigenvalue weighted by Crippen LogP contribution is -2.39. The summed E-state index contributed by atoms with van der Waals surface area (Å²) in [6.07, 6.45) is 3.21. The Morgan fingerprint density at radius 1 is 1.21 bits per heavy atom. The minimum atomic E-state index is -0.750. The van der Waals surface area contributed by atoms with Gasteiger partial charge in [-0.25, -0.2) is 9.82 Å². The topological polar surface area (TPSA) is 61.8 Å². The number of nitrogens with zero attached hydrogens (tertiary/aromatic N) is 2. The Morgan fingerprint density at radius 2 is 1.84 bits per heavy atom. The summed E-state index contributed by atoms with van der Waals surface area (Å²) in [4.78, 5) is 24.6. The summed E-state index contributed by atoms with van der Waals surface area (Å²) in [5.41, 5.74) is 2.80. The summed E-state index contributed by atoms with van der Waals surface area (Å²) in [5.74, 6) is -1.65. The van der Waals surface area contributed by atoms with Gasteiger partial charge in [0.2, 0.25) is 0 Å². The van der Waals surface area contributed by atoms with Gasteiger partial charge in [0.05, 0.1) is 6.21 Å². The Hall–Kier alpha value is -2.24. The van der Waals surface area contributed by atoms with Gasteiger partial charge < -0.3 is 4.90 Å². The highest BCUT2D eigenvalue weighted by molar-refractivity contribution is 6.35. The number of carbonyl (C=O) groups excluding carboxylic acids is 2. The molecule has 0 saturated carbocycles. The molecular weight excluding hydrogens is 249 g/mol. The number of hydrogen-bond acceptors (Lipinski definition) is 3. The van der Waals surface area contributed by atoms with E-state index in [0.29, 0.717) is 18.7 Å². The average Bonchev–Trinajstić information content (AvgIpc) is 2.94. The van der Waals surface area contributed by atoms with E-state index in [1.54, 1.807) is 0 Å². The van der Waals surface area contributed by atoms with Crippen LogP contribution in [0.15, 0.2) is 29.4 Å². The van der Waals surface area contributed by atoms with Crippen LogP contribution in [0.25, 0.3) is 0 Å². The molecule has 0 aliphatic carbocycles. The molecular formula is C13H14FN3O2. The van der Waals surface area contributed by atoms with Crippen LogP contribution in [-0.2, 0) is 9.59 Å². The Kier molecular flexibility index (Phi) is 4.22. The molecule has 1 aliphatic heterocycles. The van der Waals surface area contributed by atoms with Crippen molar-refractivity contribution in [3.05, 3.63) is 35.6 Å². The van der Waals surface area contributed by atoms with Crippen molar-refractivity contribution >= 4 is 18.0 Å². The van der Waals surface area contributed by atoms with Gasteiger partial charge in [0, 0.05) is 13.1 Å². The van der Waals surface area contributed by atoms with Crippen LogP contribution < -0.4 is 5.43 Å². The SMILES string of the molecule is O=C(N/N=C\c1ccc(F)cc1)C(=O)N1CCCC1. The van der Waals surface area contributed by atoms with E-state index in [-0.39, 0.29) is 5.82 Å². The monoisotopic (exact) mass is 263 g/mol.